The number of carbonyl (C=O) groups is 2. The summed E-state index contributed by atoms with van der Waals surface area (Å²) < 4.78 is 60.4. The van der Waals surface area contributed by atoms with Crippen molar-refractivity contribution in [3.63, 3.8) is 0 Å². The SMILES string of the molecule is CS(=O)(=O)N[C@H](CCC1CCNCC1)C(=O)N1C[C@H](OCc2ccc(F)cc2F)C[C@@H]1C(=O)NCc1ccc(C(=N)N)s1. The van der Waals surface area contributed by atoms with Crippen molar-refractivity contribution in [1.82, 2.24) is 20.3 Å². The molecule has 0 spiro atoms. The number of ether oxygens (including phenoxy) is 1. The summed E-state index contributed by atoms with van der Waals surface area (Å²) in [5, 5.41) is 13.7. The van der Waals surface area contributed by atoms with Crippen molar-refractivity contribution in [2.24, 2.45) is 11.7 Å². The number of amides is 2. The number of piperidine rings is 1. The Balaban J connectivity index is 1.49. The zero-order valence-electron chi connectivity index (χ0n) is 23.9. The Morgan fingerprint density at radius 3 is 2.63 bits per heavy atom. The second-order valence-corrected chi connectivity index (χ2v) is 14.0. The quantitative estimate of drug-likeness (QED) is 0.164. The van der Waals surface area contributed by atoms with E-state index in [1.807, 2.05) is 0 Å². The van der Waals surface area contributed by atoms with Gasteiger partial charge in [0.25, 0.3) is 0 Å². The van der Waals surface area contributed by atoms with E-state index >= 15 is 0 Å². The van der Waals surface area contributed by atoms with E-state index in [1.165, 1.54) is 22.3 Å². The highest BCUT2D eigenvalue weighted by molar-refractivity contribution is 7.88. The van der Waals surface area contributed by atoms with Gasteiger partial charge in [-0.2, -0.15) is 0 Å². The summed E-state index contributed by atoms with van der Waals surface area (Å²) in [6.07, 6.45) is 3.22. The van der Waals surface area contributed by atoms with E-state index in [-0.39, 0.29) is 43.9 Å². The zero-order chi connectivity index (χ0) is 31.1. The third-order valence-electron chi connectivity index (χ3n) is 7.68. The lowest BCUT2D eigenvalue weighted by molar-refractivity contribution is -0.140. The van der Waals surface area contributed by atoms with Crippen LogP contribution in [0.1, 0.15) is 47.4 Å². The highest BCUT2D eigenvalue weighted by atomic mass is 32.2. The largest absolute Gasteiger partial charge is 0.383 e. The Morgan fingerprint density at radius 1 is 1.23 bits per heavy atom. The van der Waals surface area contributed by atoms with Crippen LogP contribution in [-0.4, -0.2) is 75.0 Å². The lowest BCUT2D eigenvalue weighted by Gasteiger charge is -2.29. The molecule has 6 N–H and O–H groups in total. The maximum absolute atomic E-state index is 14.2. The average Bonchev–Trinajstić information content (AvgIpc) is 3.61. The number of likely N-dealkylation sites (tertiary alicyclic amines) is 1. The van der Waals surface area contributed by atoms with Gasteiger partial charge in [-0.05, 0) is 62.9 Å². The molecule has 15 heteroatoms. The molecule has 1 aromatic carbocycles. The molecule has 2 aliphatic heterocycles. The van der Waals surface area contributed by atoms with Crippen LogP contribution in [0.2, 0.25) is 0 Å². The van der Waals surface area contributed by atoms with E-state index in [1.54, 1.807) is 12.1 Å². The van der Waals surface area contributed by atoms with Gasteiger partial charge in [-0.3, -0.25) is 15.0 Å². The van der Waals surface area contributed by atoms with Crippen LogP contribution in [-0.2, 0) is 37.5 Å². The van der Waals surface area contributed by atoms with Crippen LogP contribution < -0.4 is 21.1 Å². The first kappa shape index (κ1) is 32.9. The molecule has 2 aromatic rings. The minimum Gasteiger partial charge on any atom is -0.383 e. The van der Waals surface area contributed by atoms with E-state index in [2.05, 4.69) is 15.4 Å². The van der Waals surface area contributed by atoms with Gasteiger partial charge in [-0.15, -0.1) is 11.3 Å². The van der Waals surface area contributed by atoms with Gasteiger partial charge in [0.05, 0.1) is 30.4 Å². The van der Waals surface area contributed by atoms with Gasteiger partial charge in [0.1, 0.15) is 29.6 Å². The number of rotatable bonds is 13. The monoisotopic (exact) mass is 640 g/mol. The van der Waals surface area contributed by atoms with E-state index in [9.17, 15) is 26.8 Å². The van der Waals surface area contributed by atoms with Crippen LogP contribution in [0.15, 0.2) is 30.3 Å². The summed E-state index contributed by atoms with van der Waals surface area (Å²) in [6, 6.07) is 4.54. The van der Waals surface area contributed by atoms with Gasteiger partial charge >= 0.3 is 0 Å². The second kappa shape index (κ2) is 14.7. The molecule has 4 rings (SSSR count). The Labute approximate surface area is 254 Å². The Hall–Kier alpha value is -2.98. The van der Waals surface area contributed by atoms with Gasteiger partial charge in [0.15, 0.2) is 0 Å². The number of hydrogen-bond acceptors (Lipinski definition) is 8. The number of amidine groups is 1. The molecular weight excluding hydrogens is 602 g/mol. The number of nitrogens with zero attached hydrogens (tertiary/aromatic N) is 1. The number of nitrogens with two attached hydrogens (primary N) is 1. The van der Waals surface area contributed by atoms with Crippen molar-refractivity contribution >= 4 is 39.0 Å². The fraction of sp³-hybridized carbons (Fsp3) is 0.536. The van der Waals surface area contributed by atoms with Crippen LogP contribution >= 0.6 is 11.3 Å². The number of sulfonamides is 1. The number of hydrogen-bond donors (Lipinski definition) is 5. The number of thiophene rings is 1. The molecule has 3 atom stereocenters. The summed E-state index contributed by atoms with van der Waals surface area (Å²) in [5.74, 6) is -2.21. The summed E-state index contributed by atoms with van der Waals surface area (Å²) in [4.78, 5) is 30.0. The van der Waals surface area contributed by atoms with Crippen molar-refractivity contribution in [3.8, 4) is 0 Å². The first-order valence-electron chi connectivity index (χ1n) is 14.1. The van der Waals surface area contributed by atoms with Crippen LogP contribution in [0.25, 0.3) is 0 Å². The molecule has 2 fully saturated rings. The van der Waals surface area contributed by atoms with Gasteiger partial charge < -0.3 is 26.0 Å². The van der Waals surface area contributed by atoms with Crippen LogP contribution in [0.4, 0.5) is 8.78 Å². The molecular formula is C28H38F2N6O5S2. The lowest BCUT2D eigenvalue weighted by Crippen LogP contribution is -2.53. The van der Waals surface area contributed by atoms with E-state index in [0.717, 1.165) is 49.2 Å². The topological polar surface area (TPSA) is 167 Å². The lowest BCUT2D eigenvalue weighted by atomic mass is 9.91. The predicted molar refractivity (Wildman–Crippen MR) is 159 cm³/mol. The van der Waals surface area contributed by atoms with Crippen molar-refractivity contribution in [1.29, 1.82) is 5.41 Å². The highest BCUT2D eigenvalue weighted by Gasteiger charge is 2.42. The molecule has 2 aliphatic rings. The summed E-state index contributed by atoms with van der Waals surface area (Å²) in [7, 11) is -3.75. The zero-order valence-corrected chi connectivity index (χ0v) is 25.5. The summed E-state index contributed by atoms with van der Waals surface area (Å²) in [5.41, 5.74) is 5.66. The maximum atomic E-state index is 14.2. The number of nitrogens with one attached hydrogen (secondary N) is 4. The first-order chi connectivity index (χ1) is 20.4. The van der Waals surface area contributed by atoms with Crippen molar-refractivity contribution in [2.75, 3.05) is 25.9 Å². The molecule has 2 saturated heterocycles. The molecule has 236 valence electrons. The van der Waals surface area contributed by atoms with Gasteiger partial charge in [-0.1, -0.05) is 6.07 Å². The highest BCUT2D eigenvalue weighted by Crippen LogP contribution is 2.26. The maximum Gasteiger partial charge on any atom is 0.243 e. The standard InChI is InChI=1S/C28H38F2N6O5S2/c1-43(39,40)35-23(6-2-17-8-10-33-11-9-17)28(38)36-15-20(41-16-18-3-4-19(29)12-22(18)30)13-24(36)27(37)34-14-21-5-7-25(42-21)26(31)32/h3-5,7,12,17,20,23-24,33,35H,2,6,8-11,13-16H2,1H3,(H3,31,32)(H,34,37)/t20-,23-,24-/m1/s1. The van der Waals surface area contributed by atoms with E-state index in [4.69, 9.17) is 15.9 Å². The van der Waals surface area contributed by atoms with Gasteiger partial charge in [-0.25, -0.2) is 21.9 Å². The molecule has 3 heterocycles. The van der Waals surface area contributed by atoms with Crippen LogP contribution in [0.5, 0.6) is 0 Å². The fourth-order valence-electron chi connectivity index (χ4n) is 5.43. The molecule has 0 radical (unpaired) electrons. The Kier molecular flexibility index (Phi) is 11.2. The Morgan fingerprint density at radius 2 is 1.98 bits per heavy atom. The molecule has 43 heavy (non-hydrogen) atoms. The smallest absolute Gasteiger partial charge is 0.243 e. The predicted octanol–water partition coefficient (Wildman–Crippen LogP) is 1.81. The Bertz CT molecular complexity index is 1420. The van der Waals surface area contributed by atoms with E-state index < -0.39 is 51.7 Å². The molecule has 11 nitrogen and oxygen atoms in total. The second-order valence-electron chi connectivity index (χ2n) is 11.0. The first-order valence-corrected chi connectivity index (χ1v) is 16.8. The third-order valence-corrected chi connectivity index (χ3v) is 9.51. The van der Waals surface area contributed by atoms with Crippen LogP contribution in [0.3, 0.4) is 0 Å². The molecule has 0 aliphatic carbocycles. The molecule has 0 unspecified atom stereocenters. The normalized spacial score (nSPS) is 20.2. The average molecular weight is 641 g/mol. The number of carbonyl (C=O) groups excluding carboxylic acids is 2. The minimum atomic E-state index is -3.75. The van der Waals surface area contributed by atoms with Crippen molar-refractivity contribution < 1.29 is 31.5 Å². The minimum absolute atomic E-state index is 0.0114. The van der Waals surface area contributed by atoms with Crippen LogP contribution in [0, 0.1) is 23.0 Å². The number of nitrogen functional groups attached to an aromatic ring is 1. The third kappa shape index (κ3) is 9.50. The number of benzene rings is 1. The van der Waals surface area contributed by atoms with Gasteiger partial charge in [0, 0.05) is 29.5 Å². The molecule has 0 saturated carbocycles. The van der Waals surface area contributed by atoms with Crippen molar-refractivity contribution in [3.05, 3.63) is 57.3 Å². The molecule has 2 amide bonds. The molecule has 1 aromatic heterocycles. The number of halogens is 2. The molecule has 0 bridgehead atoms. The fourth-order valence-corrected chi connectivity index (χ4v) is 6.97. The summed E-state index contributed by atoms with van der Waals surface area (Å²) in [6.45, 7) is 1.66. The van der Waals surface area contributed by atoms with Gasteiger partial charge in [0.2, 0.25) is 21.8 Å². The van der Waals surface area contributed by atoms with Crippen molar-refractivity contribution in [2.45, 2.75) is 63.4 Å². The summed E-state index contributed by atoms with van der Waals surface area (Å²) >= 11 is 1.26. The van der Waals surface area contributed by atoms with E-state index in [0.29, 0.717) is 17.2 Å².